The van der Waals surface area contributed by atoms with Crippen LogP contribution in [0.25, 0.3) is 11.5 Å². The van der Waals surface area contributed by atoms with Crippen LogP contribution in [0.4, 0.5) is 6.01 Å². The molecule has 0 spiro atoms. The second-order valence-electron chi connectivity index (χ2n) is 7.63. The minimum absolute atomic E-state index is 0.0354. The lowest BCUT2D eigenvalue weighted by molar-refractivity contribution is 0.102. The maximum Gasteiger partial charge on any atom is 0.322 e. The van der Waals surface area contributed by atoms with E-state index >= 15 is 0 Å². The predicted octanol–water partition coefficient (Wildman–Crippen LogP) is 3.73. The van der Waals surface area contributed by atoms with Gasteiger partial charge in [-0.3, -0.25) is 15.1 Å². The molecule has 0 aliphatic heterocycles. The first-order valence-electron chi connectivity index (χ1n) is 10.7. The van der Waals surface area contributed by atoms with E-state index in [0.29, 0.717) is 12.1 Å². The van der Waals surface area contributed by atoms with Crippen LogP contribution in [0.3, 0.4) is 0 Å². The molecule has 32 heavy (non-hydrogen) atoms. The number of rotatable bonds is 7. The van der Waals surface area contributed by atoms with Gasteiger partial charge in [0.2, 0.25) is 10.0 Å². The highest BCUT2D eigenvalue weighted by atomic mass is 32.2. The van der Waals surface area contributed by atoms with Gasteiger partial charge in [0.25, 0.3) is 11.8 Å². The third-order valence-electron chi connectivity index (χ3n) is 5.57. The minimum atomic E-state index is -3.62. The average Bonchev–Trinajstić information content (AvgIpc) is 3.29. The van der Waals surface area contributed by atoms with E-state index in [0.717, 1.165) is 32.1 Å². The Labute approximate surface area is 186 Å². The predicted molar refractivity (Wildman–Crippen MR) is 118 cm³/mol. The molecule has 2 heterocycles. The number of carbonyl (C=O) groups is 1. The molecule has 0 bridgehead atoms. The molecule has 0 atom stereocenters. The van der Waals surface area contributed by atoms with Gasteiger partial charge in [0, 0.05) is 30.5 Å². The standard InChI is InChI=1S/C22H25N5O4S/c1-2-27(18-8-4-3-5-9-18)32(29,30)19-12-10-16(11-13-19)20(28)24-22-26-25-21(31-22)17-7-6-14-23-15-17/h6-7,10-15,18H,2-5,8-9H2,1H3,(H,24,26,28). The highest BCUT2D eigenvalue weighted by molar-refractivity contribution is 7.89. The largest absolute Gasteiger partial charge is 0.403 e. The van der Waals surface area contributed by atoms with Gasteiger partial charge in [-0.25, -0.2) is 8.42 Å². The number of hydrogen-bond donors (Lipinski definition) is 1. The molecule has 1 amide bonds. The SMILES string of the molecule is CCN(C1CCCCC1)S(=O)(=O)c1ccc(C(=O)Nc2nnc(-c3cccnc3)o2)cc1. The van der Waals surface area contributed by atoms with Crippen LogP contribution in [-0.4, -0.2) is 46.4 Å². The quantitative estimate of drug-likeness (QED) is 0.577. The van der Waals surface area contributed by atoms with Crippen molar-refractivity contribution < 1.29 is 17.6 Å². The number of amides is 1. The van der Waals surface area contributed by atoms with Crippen molar-refractivity contribution in [2.24, 2.45) is 0 Å². The molecule has 0 radical (unpaired) electrons. The van der Waals surface area contributed by atoms with Gasteiger partial charge in [0.15, 0.2) is 0 Å². The summed E-state index contributed by atoms with van der Waals surface area (Å²) < 4.78 is 33.4. The summed E-state index contributed by atoms with van der Waals surface area (Å²) in [5, 5.41) is 10.3. The zero-order valence-corrected chi connectivity index (χ0v) is 18.6. The number of nitrogens with one attached hydrogen (secondary N) is 1. The number of benzene rings is 1. The number of aromatic nitrogens is 3. The maximum absolute atomic E-state index is 13.2. The van der Waals surface area contributed by atoms with Crippen LogP contribution in [0, 0.1) is 0 Å². The number of carbonyl (C=O) groups excluding carboxylic acids is 1. The van der Waals surface area contributed by atoms with Crippen LogP contribution < -0.4 is 5.32 Å². The fourth-order valence-corrected chi connectivity index (χ4v) is 5.65. The summed E-state index contributed by atoms with van der Waals surface area (Å²) in [6, 6.07) is 9.37. The Bertz CT molecular complexity index is 1160. The normalized spacial score (nSPS) is 15.1. The topological polar surface area (TPSA) is 118 Å². The fourth-order valence-electron chi connectivity index (χ4n) is 3.96. The van der Waals surface area contributed by atoms with Crippen molar-refractivity contribution in [3.8, 4) is 11.5 Å². The average molecular weight is 456 g/mol. The van der Waals surface area contributed by atoms with Gasteiger partial charge in [-0.1, -0.05) is 31.3 Å². The van der Waals surface area contributed by atoms with Gasteiger partial charge >= 0.3 is 6.01 Å². The summed E-state index contributed by atoms with van der Waals surface area (Å²) in [5.74, 6) is -0.243. The third kappa shape index (κ3) is 4.71. The van der Waals surface area contributed by atoms with Gasteiger partial charge in [-0.2, -0.15) is 4.31 Å². The van der Waals surface area contributed by atoms with Crippen molar-refractivity contribution in [3.05, 3.63) is 54.4 Å². The van der Waals surface area contributed by atoms with Crippen LogP contribution in [0.15, 0.2) is 58.1 Å². The van der Waals surface area contributed by atoms with Crippen LogP contribution in [0.5, 0.6) is 0 Å². The molecule has 1 aliphatic carbocycles. The molecule has 9 nitrogen and oxygen atoms in total. The molecule has 1 N–H and O–H groups in total. The van der Waals surface area contributed by atoms with Gasteiger partial charge < -0.3 is 4.42 Å². The second-order valence-corrected chi connectivity index (χ2v) is 9.52. The summed E-state index contributed by atoms with van der Waals surface area (Å²) in [6.07, 6.45) is 8.23. The zero-order valence-electron chi connectivity index (χ0n) is 17.8. The molecular weight excluding hydrogens is 430 g/mol. The molecule has 0 saturated heterocycles. The van der Waals surface area contributed by atoms with Crippen molar-refractivity contribution in [2.45, 2.75) is 50.0 Å². The van der Waals surface area contributed by atoms with Crippen molar-refractivity contribution in [1.29, 1.82) is 0 Å². The summed E-state index contributed by atoms with van der Waals surface area (Å²) in [4.78, 5) is 16.7. The molecule has 2 aromatic heterocycles. The Balaban J connectivity index is 1.46. The van der Waals surface area contributed by atoms with Gasteiger partial charge in [0.05, 0.1) is 10.5 Å². The van der Waals surface area contributed by atoms with Crippen LogP contribution in [-0.2, 0) is 10.0 Å². The van der Waals surface area contributed by atoms with Crippen molar-refractivity contribution >= 4 is 21.9 Å². The van der Waals surface area contributed by atoms with Crippen molar-refractivity contribution in [3.63, 3.8) is 0 Å². The van der Waals surface area contributed by atoms with Gasteiger partial charge in [-0.15, -0.1) is 5.10 Å². The summed E-state index contributed by atoms with van der Waals surface area (Å²) in [5.41, 5.74) is 0.916. The van der Waals surface area contributed by atoms with Gasteiger partial charge in [-0.05, 0) is 49.2 Å². The Morgan fingerprint density at radius 3 is 2.53 bits per heavy atom. The smallest absolute Gasteiger partial charge is 0.322 e. The Kier molecular flexibility index (Phi) is 6.61. The molecule has 4 rings (SSSR count). The molecule has 1 aliphatic rings. The molecule has 3 aromatic rings. The molecule has 1 saturated carbocycles. The lowest BCUT2D eigenvalue weighted by Crippen LogP contribution is -2.41. The van der Waals surface area contributed by atoms with E-state index in [1.165, 1.54) is 24.3 Å². The lowest BCUT2D eigenvalue weighted by atomic mass is 9.95. The molecule has 0 unspecified atom stereocenters. The highest BCUT2D eigenvalue weighted by Crippen LogP contribution is 2.28. The first kappa shape index (κ1) is 22.1. The monoisotopic (exact) mass is 455 g/mol. The van der Waals surface area contributed by atoms with Crippen LogP contribution >= 0.6 is 0 Å². The summed E-state index contributed by atoms with van der Waals surface area (Å²) in [7, 11) is -3.62. The van der Waals surface area contributed by atoms with E-state index in [9.17, 15) is 13.2 Å². The molecular formula is C22H25N5O4S. The van der Waals surface area contributed by atoms with Crippen molar-refractivity contribution in [2.75, 3.05) is 11.9 Å². The first-order chi connectivity index (χ1) is 15.5. The number of nitrogens with zero attached hydrogens (tertiary/aromatic N) is 4. The molecule has 168 valence electrons. The zero-order chi connectivity index (χ0) is 22.6. The second kappa shape index (κ2) is 9.58. The molecule has 1 aromatic carbocycles. The highest BCUT2D eigenvalue weighted by Gasteiger charge is 2.31. The summed E-state index contributed by atoms with van der Waals surface area (Å²) >= 11 is 0. The van der Waals surface area contributed by atoms with E-state index in [4.69, 9.17) is 4.42 Å². The van der Waals surface area contributed by atoms with E-state index in [1.807, 2.05) is 6.92 Å². The molecule has 1 fully saturated rings. The number of sulfonamides is 1. The number of pyridine rings is 1. The van der Waals surface area contributed by atoms with E-state index in [2.05, 4.69) is 20.5 Å². The third-order valence-corrected chi connectivity index (χ3v) is 7.61. The lowest BCUT2D eigenvalue weighted by Gasteiger charge is -2.32. The Hall–Kier alpha value is -3.11. The van der Waals surface area contributed by atoms with Gasteiger partial charge in [0.1, 0.15) is 0 Å². The van der Waals surface area contributed by atoms with E-state index in [-0.39, 0.29) is 28.4 Å². The maximum atomic E-state index is 13.2. The van der Waals surface area contributed by atoms with Crippen LogP contribution in [0.1, 0.15) is 49.4 Å². The van der Waals surface area contributed by atoms with Crippen molar-refractivity contribution in [1.82, 2.24) is 19.5 Å². The number of anilines is 1. The first-order valence-corrected chi connectivity index (χ1v) is 12.1. The Morgan fingerprint density at radius 1 is 1.12 bits per heavy atom. The molecule has 10 heteroatoms. The summed E-state index contributed by atoms with van der Waals surface area (Å²) in [6.45, 7) is 2.28. The van der Waals surface area contributed by atoms with E-state index < -0.39 is 15.9 Å². The number of hydrogen-bond acceptors (Lipinski definition) is 7. The minimum Gasteiger partial charge on any atom is -0.403 e. The van der Waals surface area contributed by atoms with E-state index in [1.54, 1.807) is 28.8 Å². The fraction of sp³-hybridized carbons (Fsp3) is 0.364. The van der Waals surface area contributed by atoms with Crippen LogP contribution in [0.2, 0.25) is 0 Å². The Morgan fingerprint density at radius 2 is 1.88 bits per heavy atom.